The molecule has 1 aromatic carbocycles. The Kier molecular flexibility index (Phi) is 7.71. The van der Waals surface area contributed by atoms with Crippen molar-refractivity contribution in [3.8, 4) is 11.5 Å². The van der Waals surface area contributed by atoms with Gasteiger partial charge in [0.25, 0.3) is 5.91 Å². The monoisotopic (exact) mass is 352 g/mol. The molecule has 0 saturated carbocycles. The van der Waals surface area contributed by atoms with E-state index in [1.807, 2.05) is 11.4 Å². The Morgan fingerprint density at radius 1 is 1.12 bits per heavy atom. The molecule has 0 saturated heterocycles. The number of imide groups is 1. The van der Waals surface area contributed by atoms with Gasteiger partial charge in [0.1, 0.15) is 0 Å². The molecular formula is C17H24N2O6. The second kappa shape index (κ2) is 9.51. The van der Waals surface area contributed by atoms with Gasteiger partial charge in [-0.25, -0.2) is 4.79 Å². The highest BCUT2D eigenvalue weighted by Gasteiger charge is 2.27. The number of aryl methyl sites for hydroxylation is 1. The van der Waals surface area contributed by atoms with E-state index in [1.54, 1.807) is 26.0 Å². The summed E-state index contributed by atoms with van der Waals surface area (Å²) in [5.74, 6) is -0.425. The van der Waals surface area contributed by atoms with Crippen LogP contribution in [0.4, 0.5) is 4.79 Å². The number of hydrogen-bond acceptors (Lipinski definition) is 6. The van der Waals surface area contributed by atoms with Crippen LogP contribution in [-0.2, 0) is 20.7 Å². The van der Waals surface area contributed by atoms with Crippen LogP contribution in [-0.4, -0.2) is 38.2 Å². The predicted octanol–water partition coefficient (Wildman–Crippen LogP) is 1.40. The van der Waals surface area contributed by atoms with E-state index in [2.05, 4.69) is 0 Å². The third-order valence-corrected chi connectivity index (χ3v) is 3.43. The maximum absolute atomic E-state index is 12.0. The fourth-order valence-corrected chi connectivity index (χ4v) is 2.17. The maximum atomic E-state index is 12.0. The number of ether oxygens (including phenoxy) is 3. The highest BCUT2D eigenvalue weighted by atomic mass is 16.5. The SMILES string of the molecule is COc1ccc(CCC(=O)O[C@@H](C(=O)NC(N)=O)C(C)C)cc1OC. The summed E-state index contributed by atoms with van der Waals surface area (Å²) in [7, 11) is 3.07. The molecule has 1 atom stereocenters. The van der Waals surface area contributed by atoms with Crippen LogP contribution in [0.25, 0.3) is 0 Å². The number of urea groups is 1. The number of carbonyl (C=O) groups is 3. The van der Waals surface area contributed by atoms with Crippen molar-refractivity contribution in [2.24, 2.45) is 11.7 Å². The average molecular weight is 352 g/mol. The highest BCUT2D eigenvalue weighted by molar-refractivity contribution is 5.96. The summed E-state index contributed by atoms with van der Waals surface area (Å²) in [5.41, 5.74) is 5.77. The Bertz CT molecular complexity index is 630. The Morgan fingerprint density at radius 3 is 2.28 bits per heavy atom. The minimum absolute atomic E-state index is 0.0720. The minimum Gasteiger partial charge on any atom is -0.493 e. The summed E-state index contributed by atoms with van der Waals surface area (Å²) in [6, 6.07) is 4.34. The molecule has 0 heterocycles. The van der Waals surface area contributed by atoms with Crippen LogP contribution in [0.15, 0.2) is 18.2 Å². The minimum atomic E-state index is -1.08. The zero-order valence-corrected chi connectivity index (χ0v) is 14.8. The molecule has 0 fully saturated rings. The van der Waals surface area contributed by atoms with Gasteiger partial charge in [0.05, 0.1) is 14.2 Å². The summed E-state index contributed by atoms with van der Waals surface area (Å²) >= 11 is 0. The molecular weight excluding hydrogens is 328 g/mol. The van der Waals surface area contributed by atoms with Crippen LogP contribution in [0, 0.1) is 5.92 Å². The average Bonchev–Trinajstić information content (AvgIpc) is 2.56. The molecule has 8 heteroatoms. The van der Waals surface area contributed by atoms with Crippen LogP contribution >= 0.6 is 0 Å². The van der Waals surface area contributed by atoms with Crippen LogP contribution in [0.1, 0.15) is 25.8 Å². The van der Waals surface area contributed by atoms with E-state index < -0.39 is 24.0 Å². The third kappa shape index (κ3) is 6.33. The topological polar surface area (TPSA) is 117 Å². The predicted molar refractivity (Wildman–Crippen MR) is 90.3 cm³/mol. The first kappa shape index (κ1) is 20.3. The number of amides is 3. The second-order valence-electron chi connectivity index (χ2n) is 5.70. The number of methoxy groups -OCH3 is 2. The maximum Gasteiger partial charge on any atom is 0.318 e. The normalized spacial score (nSPS) is 11.6. The molecule has 0 bridgehead atoms. The van der Waals surface area contributed by atoms with Crippen molar-refractivity contribution in [2.75, 3.05) is 14.2 Å². The Balaban J connectivity index is 2.66. The lowest BCUT2D eigenvalue weighted by Gasteiger charge is -2.19. The van der Waals surface area contributed by atoms with Gasteiger partial charge in [0, 0.05) is 6.42 Å². The van der Waals surface area contributed by atoms with E-state index in [9.17, 15) is 14.4 Å². The number of primary amides is 1. The molecule has 0 unspecified atom stereocenters. The van der Waals surface area contributed by atoms with E-state index in [0.29, 0.717) is 17.9 Å². The number of carbonyl (C=O) groups excluding carboxylic acids is 3. The molecule has 0 aliphatic carbocycles. The Labute approximate surface area is 146 Å². The van der Waals surface area contributed by atoms with Gasteiger partial charge in [-0.1, -0.05) is 19.9 Å². The van der Waals surface area contributed by atoms with Crippen molar-refractivity contribution in [1.29, 1.82) is 0 Å². The summed E-state index contributed by atoms with van der Waals surface area (Å²) < 4.78 is 15.5. The van der Waals surface area contributed by atoms with Gasteiger partial charge in [0.15, 0.2) is 17.6 Å². The number of rotatable bonds is 8. The zero-order chi connectivity index (χ0) is 19.0. The lowest BCUT2D eigenvalue weighted by atomic mass is 10.1. The summed E-state index contributed by atoms with van der Waals surface area (Å²) in [6.07, 6.45) is -0.602. The summed E-state index contributed by atoms with van der Waals surface area (Å²) in [4.78, 5) is 34.6. The third-order valence-electron chi connectivity index (χ3n) is 3.43. The fraction of sp³-hybridized carbons (Fsp3) is 0.471. The molecule has 3 N–H and O–H groups in total. The van der Waals surface area contributed by atoms with Gasteiger partial charge in [-0.3, -0.25) is 14.9 Å². The number of nitrogens with two attached hydrogens (primary N) is 1. The molecule has 0 aliphatic heterocycles. The Morgan fingerprint density at radius 2 is 1.76 bits per heavy atom. The molecule has 0 aromatic heterocycles. The van der Waals surface area contributed by atoms with Crippen LogP contribution in [0.2, 0.25) is 0 Å². The van der Waals surface area contributed by atoms with Crippen molar-refractivity contribution >= 4 is 17.9 Å². The molecule has 8 nitrogen and oxygen atoms in total. The standard InChI is InChI=1S/C17H24N2O6/c1-10(2)15(16(21)19-17(18)22)25-14(20)8-6-11-5-7-12(23-3)13(9-11)24-4/h5,7,9-10,15H,6,8H2,1-4H3,(H3,18,19,21,22)/t15-/m1/s1. The van der Waals surface area contributed by atoms with Crippen molar-refractivity contribution in [3.05, 3.63) is 23.8 Å². The van der Waals surface area contributed by atoms with Crippen molar-refractivity contribution < 1.29 is 28.6 Å². The molecule has 1 rings (SSSR count). The molecule has 0 spiro atoms. The van der Waals surface area contributed by atoms with Gasteiger partial charge in [0.2, 0.25) is 0 Å². The first-order valence-electron chi connectivity index (χ1n) is 7.79. The van der Waals surface area contributed by atoms with E-state index >= 15 is 0 Å². The number of esters is 1. The molecule has 3 amide bonds. The molecule has 1 aromatic rings. The molecule has 0 aliphatic rings. The molecule has 138 valence electrons. The summed E-state index contributed by atoms with van der Waals surface area (Å²) in [6.45, 7) is 3.40. The Hall–Kier alpha value is -2.77. The smallest absolute Gasteiger partial charge is 0.318 e. The van der Waals surface area contributed by atoms with Crippen molar-refractivity contribution in [2.45, 2.75) is 32.8 Å². The number of hydrogen-bond donors (Lipinski definition) is 2. The van der Waals surface area contributed by atoms with Gasteiger partial charge in [-0.15, -0.1) is 0 Å². The van der Waals surface area contributed by atoms with Crippen LogP contribution in [0.3, 0.4) is 0 Å². The summed E-state index contributed by atoms with van der Waals surface area (Å²) in [5, 5.41) is 1.92. The zero-order valence-electron chi connectivity index (χ0n) is 14.8. The van der Waals surface area contributed by atoms with Crippen LogP contribution in [0.5, 0.6) is 11.5 Å². The van der Waals surface area contributed by atoms with Gasteiger partial charge < -0.3 is 19.9 Å². The molecule has 25 heavy (non-hydrogen) atoms. The number of nitrogens with one attached hydrogen (secondary N) is 1. The van der Waals surface area contributed by atoms with E-state index in [4.69, 9.17) is 19.9 Å². The fourth-order valence-electron chi connectivity index (χ4n) is 2.17. The number of benzene rings is 1. The van der Waals surface area contributed by atoms with Gasteiger partial charge in [-0.05, 0) is 30.0 Å². The highest BCUT2D eigenvalue weighted by Crippen LogP contribution is 2.28. The second-order valence-corrected chi connectivity index (χ2v) is 5.70. The van der Waals surface area contributed by atoms with Gasteiger partial charge >= 0.3 is 12.0 Å². The van der Waals surface area contributed by atoms with Crippen molar-refractivity contribution in [1.82, 2.24) is 5.32 Å². The first-order valence-corrected chi connectivity index (χ1v) is 7.79. The van der Waals surface area contributed by atoms with E-state index in [1.165, 1.54) is 14.2 Å². The van der Waals surface area contributed by atoms with E-state index in [-0.39, 0.29) is 12.3 Å². The van der Waals surface area contributed by atoms with Gasteiger partial charge in [-0.2, -0.15) is 0 Å². The lowest BCUT2D eigenvalue weighted by Crippen LogP contribution is -2.45. The lowest BCUT2D eigenvalue weighted by molar-refractivity contribution is -0.158. The van der Waals surface area contributed by atoms with E-state index in [0.717, 1.165) is 5.56 Å². The molecule has 0 radical (unpaired) electrons. The van der Waals surface area contributed by atoms with Crippen LogP contribution < -0.4 is 20.5 Å². The van der Waals surface area contributed by atoms with Crippen molar-refractivity contribution in [3.63, 3.8) is 0 Å². The quantitative estimate of drug-likeness (QED) is 0.683. The first-order chi connectivity index (χ1) is 11.8. The largest absolute Gasteiger partial charge is 0.493 e.